The zero-order valence-corrected chi connectivity index (χ0v) is 8.85. The number of nitrogens with two attached hydrogens (primary N) is 1. The van der Waals surface area contributed by atoms with Gasteiger partial charge in [-0.3, -0.25) is 0 Å². The van der Waals surface area contributed by atoms with Crippen molar-refractivity contribution in [3.05, 3.63) is 28.8 Å². The molecule has 0 aliphatic carbocycles. The van der Waals surface area contributed by atoms with Crippen LogP contribution < -0.4 is 11.1 Å². The van der Waals surface area contributed by atoms with Gasteiger partial charge in [0, 0.05) is 0 Å². The predicted octanol–water partition coefficient (Wildman–Crippen LogP) is 2.07. The first kappa shape index (κ1) is 9.81. The molecule has 0 amide bonds. The second-order valence-electron chi connectivity index (χ2n) is 3.92. The fourth-order valence-corrected chi connectivity index (χ4v) is 2.12. The summed E-state index contributed by atoms with van der Waals surface area (Å²) in [5.74, 6) is 0.759. The van der Waals surface area contributed by atoms with Crippen LogP contribution in [0.15, 0.2) is 18.2 Å². The zero-order valence-electron chi connectivity index (χ0n) is 8.09. The minimum absolute atomic E-state index is 0.667. The summed E-state index contributed by atoms with van der Waals surface area (Å²) in [5, 5.41) is 4.04. The van der Waals surface area contributed by atoms with Crippen molar-refractivity contribution in [1.82, 2.24) is 5.32 Å². The quantitative estimate of drug-likeness (QED) is 0.734. The third kappa shape index (κ3) is 2.20. The van der Waals surface area contributed by atoms with Gasteiger partial charge in [0.15, 0.2) is 0 Å². The molecule has 1 unspecified atom stereocenters. The Balaban J connectivity index is 2.05. The number of rotatable bonds is 2. The number of nitrogens with one attached hydrogen (secondary N) is 1. The maximum absolute atomic E-state index is 5.96. The molecule has 3 N–H and O–H groups in total. The maximum atomic E-state index is 5.96. The molecule has 1 fully saturated rings. The van der Waals surface area contributed by atoms with Gasteiger partial charge in [0.1, 0.15) is 0 Å². The highest BCUT2D eigenvalue weighted by atomic mass is 35.5. The van der Waals surface area contributed by atoms with Crippen LogP contribution >= 0.6 is 11.6 Å². The molecule has 1 heterocycles. The lowest BCUT2D eigenvalue weighted by molar-refractivity contribution is 0.580. The van der Waals surface area contributed by atoms with E-state index in [1.165, 1.54) is 12.0 Å². The Bertz CT molecular complexity index is 319. The Morgan fingerprint density at radius 1 is 1.50 bits per heavy atom. The molecular formula is C11H15ClN2. The number of nitrogen functional groups attached to an aromatic ring is 1. The van der Waals surface area contributed by atoms with Crippen LogP contribution in [0.1, 0.15) is 12.0 Å². The average molecular weight is 211 g/mol. The van der Waals surface area contributed by atoms with Crippen LogP contribution in [0, 0.1) is 5.92 Å². The fraction of sp³-hybridized carbons (Fsp3) is 0.455. The molecule has 1 aliphatic heterocycles. The second kappa shape index (κ2) is 4.20. The van der Waals surface area contributed by atoms with E-state index in [0.29, 0.717) is 10.7 Å². The molecular weight excluding hydrogens is 196 g/mol. The minimum atomic E-state index is 0.667. The number of hydrogen-bond donors (Lipinski definition) is 2. The van der Waals surface area contributed by atoms with E-state index < -0.39 is 0 Å². The number of anilines is 1. The SMILES string of the molecule is Nc1ccc(CC2CCNC2)cc1Cl. The Hall–Kier alpha value is -0.730. The number of hydrogen-bond acceptors (Lipinski definition) is 2. The molecule has 3 heteroatoms. The first-order valence-corrected chi connectivity index (χ1v) is 5.38. The first-order valence-electron chi connectivity index (χ1n) is 5.00. The predicted molar refractivity (Wildman–Crippen MR) is 60.5 cm³/mol. The van der Waals surface area contributed by atoms with Gasteiger partial charge in [-0.2, -0.15) is 0 Å². The average Bonchev–Trinajstić information content (AvgIpc) is 2.64. The fourth-order valence-electron chi connectivity index (χ4n) is 1.92. The molecule has 1 atom stereocenters. The summed E-state index contributed by atoms with van der Waals surface area (Å²) in [5.41, 5.74) is 7.61. The summed E-state index contributed by atoms with van der Waals surface area (Å²) in [7, 11) is 0. The molecule has 76 valence electrons. The monoisotopic (exact) mass is 210 g/mol. The molecule has 1 aromatic carbocycles. The van der Waals surface area contributed by atoms with Gasteiger partial charge in [-0.25, -0.2) is 0 Å². The third-order valence-corrected chi connectivity index (χ3v) is 3.08. The van der Waals surface area contributed by atoms with E-state index >= 15 is 0 Å². The van der Waals surface area contributed by atoms with Crippen molar-refractivity contribution >= 4 is 17.3 Å². The van der Waals surface area contributed by atoms with Gasteiger partial charge >= 0.3 is 0 Å². The molecule has 1 aliphatic rings. The van der Waals surface area contributed by atoms with Crippen LogP contribution in [0.5, 0.6) is 0 Å². The van der Waals surface area contributed by atoms with Gasteiger partial charge in [-0.15, -0.1) is 0 Å². The highest BCUT2D eigenvalue weighted by molar-refractivity contribution is 6.33. The molecule has 1 saturated heterocycles. The Labute approximate surface area is 89.4 Å². The minimum Gasteiger partial charge on any atom is -0.398 e. The molecule has 0 saturated carbocycles. The summed E-state index contributed by atoms with van der Waals surface area (Å²) < 4.78 is 0. The van der Waals surface area contributed by atoms with Crippen molar-refractivity contribution in [2.45, 2.75) is 12.8 Å². The Morgan fingerprint density at radius 3 is 3.00 bits per heavy atom. The zero-order chi connectivity index (χ0) is 9.97. The van der Waals surface area contributed by atoms with Crippen LogP contribution in [-0.2, 0) is 6.42 Å². The summed E-state index contributed by atoms with van der Waals surface area (Å²) in [4.78, 5) is 0. The first-order chi connectivity index (χ1) is 6.75. The maximum Gasteiger partial charge on any atom is 0.0638 e. The highest BCUT2D eigenvalue weighted by Crippen LogP contribution is 2.22. The molecule has 2 nitrogen and oxygen atoms in total. The summed E-state index contributed by atoms with van der Waals surface area (Å²) in [6.45, 7) is 2.27. The van der Waals surface area contributed by atoms with Gasteiger partial charge in [-0.1, -0.05) is 17.7 Å². The van der Waals surface area contributed by atoms with E-state index in [1.54, 1.807) is 0 Å². The van der Waals surface area contributed by atoms with Crippen molar-refractivity contribution in [1.29, 1.82) is 0 Å². The molecule has 1 aromatic rings. The smallest absolute Gasteiger partial charge is 0.0638 e. The van der Waals surface area contributed by atoms with Gasteiger partial charge < -0.3 is 11.1 Å². The van der Waals surface area contributed by atoms with Crippen LogP contribution in [0.4, 0.5) is 5.69 Å². The Kier molecular flexibility index (Phi) is 2.94. The van der Waals surface area contributed by atoms with Crippen LogP contribution in [0.2, 0.25) is 5.02 Å². The van der Waals surface area contributed by atoms with E-state index in [4.69, 9.17) is 17.3 Å². The molecule has 2 rings (SSSR count). The van der Waals surface area contributed by atoms with Gasteiger partial charge in [0.25, 0.3) is 0 Å². The normalized spacial score (nSPS) is 21.4. The lowest BCUT2D eigenvalue weighted by Gasteiger charge is -2.09. The summed E-state index contributed by atoms with van der Waals surface area (Å²) in [6, 6.07) is 5.94. The van der Waals surface area contributed by atoms with Crippen LogP contribution in [0.25, 0.3) is 0 Å². The standard InChI is InChI=1S/C11H15ClN2/c12-10-6-8(1-2-11(10)13)5-9-3-4-14-7-9/h1-2,6,9,14H,3-5,7,13H2. The van der Waals surface area contributed by atoms with Gasteiger partial charge in [-0.05, 0) is 49.5 Å². The van der Waals surface area contributed by atoms with Crippen molar-refractivity contribution in [2.24, 2.45) is 5.92 Å². The van der Waals surface area contributed by atoms with Gasteiger partial charge in [0.05, 0.1) is 10.7 Å². The summed E-state index contributed by atoms with van der Waals surface area (Å²) >= 11 is 5.96. The van der Waals surface area contributed by atoms with E-state index in [0.717, 1.165) is 25.4 Å². The topological polar surface area (TPSA) is 38.0 Å². The van der Waals surface area contributed by atoms with E-state index in [9.17, 15) is 0 Å². The third-order valence-electron chi connectivity index (χ3n) is 2.75. The molecule has 0 aromatic heterocycles. The van der Waals surface area contributed by atoms with Crippen molar-refractivity contribution in [3.8, 4) is 0 Å². The lowest BCUT2D eigenvalue weighted by Crippen LogP contribution is -2.10. The molecule has 0 bridgehead atoms. The van der Waals surface area contributed by atoms with Crippen molar-refractivity contribution < 1.29 is 0 Å². The lowest BCUT2D eigenvalue weighted by atomic mass is 9.99. The number of benzene rings is 1. The second-order valence-corrected chi connectivity index (χ2v) is 4.33. The molecule has 0 spiro atoms. The largest absolute Gasteiger partial charge is 0.398 e. The molecule has 14 heavy (non-hydrogen) atoms. The van der Waals surface area contributed by atoms with Crippen molar-refractivity contribution in [2.75, 3.05) is 18.8 Å². The summed E-state index contributed by atoms with van der Waals surface area (Å²) in [6.07, 6.45) is 2.37. The van der Waals surface area contributed by atoms with Crippen LogP contribution in [0.3, 0.4) is 0 Å². The van der Waals surface area contributed by atoms with E-state index in [-0.39, 0.29) is 0 Å². The van der Waals surface area contributed by atoms with E-state index in [1.807, 2.05) is 12.1 Å². The highest BCUT2D eigenvalue weighted by Gasteiger charge is 2.14. The van der Waals surface area contributed by atoms with Gasteiger partial charge in [0.2, 0.25) is 0 Å². The van der Waals surface area contributed by atoms with Crippen molar-refractivity contribution in [3.63, 3.8) is 0 Å². The Morgan fingerprint density at radius 2 is 2.36 bits per heavy atom. The number of halogens is 1. The molecule has 0 radical (unpaired) electrons. The van der Waals surface area contributed by atoms with E-state index in [2.05, 4.69) is 11.4 Å². The van der Waals surface area contributed by atoms with Crippen LogP contribution in [-0.4, -0.2) is 13.1 Å².